The van der Waals surface area contributed by atoms with E-state index in [1.54, 1.807) is 6.33 Å². The number of aryl methyl sites for hydroxylation is 2. The second-order valence-electron chi connectivity index (χ2n) is 9.04. The number of anilines is 1. The Hall–Kier alpha value is -3.29. The highest BCUT2D eigenvalue weighted by Crippen LogP contribution is 2.25. The van der Waals surface area contributed by atoms with Crippen LogP contribution in [0, 0.1) is 13.8 Å². The van der Waals surface area contributed by atoms with Gasteiger partial charge in [0.1, 0.15) is 12.1 Å². The first kappa shape index (κ1) is 21.6. The summed E-state index contributed by atoms with van der Waals surface area (Å²) in [5, 5.41) is 9.35. The van der Waals surface area contributed by atoms with Gasteiger partial charge in [-0.2, -0.15) is 0 Å². The highest BCUT2D eigenvalue weighted by atomic mass is 15.3. The van der Waals surface area contributed by atoms with E-state index in [9.17, 15) is 0 Å². The van der Waals surface area contributed by atoms with Crippen LogP contribution >= 0.6 is 0 Å². The van der Waals surface area contributed by atoms with E-state index in [-0.39, 0.29) is 0 Å². The predicted molar refractivity (Wildman–Crippen MR) is 133 cm³/mol. The average Bonchev–Trinajstić information content (AvgIpc) is 3.26. The third kappa shape index (κ3) is 4.74. The van der Waals surface area contributed by atoms with Crippen LogP contribution in [-0.4, -0.2) is 63.9 Å². The molecule has 0 spiro atoms. The van der Waals surface area contributed by atoms with Gasteiger partial charge in [0.15, 0.2) is 5.65 Å². The van der Waals surface area contributed by atoms with Gasteiger partial charge in [0.25, 0.3) is 0 Å². The molecule has 1 fully saturated rings. The lowest BCUT2D eigenvalue weighted by molar-refractivity contribution is 0.212. The molecule has 1 atom stereocenters. The van der Waals surface area contributed by atoms with Crippen molar-refractivity contribution in [3.05, 3.63) is 77.7 Å². The van der Waals surface area contributed by atoms with E-state index in [1.165, 1.54) is 16.7 Å². The van der Waals surface area contributed by atoms with Gasteiger partial charge in [0.2, 0.25) is 0 Å². The van der Waals surface area contributed by atoms with Crippen LogP contribution in [-0.2, 0) is 6.54 Å². The van der Waals surface area contributed by atoms with Crippen molar-refractivity contribution in [2.45, 2.75) is 26.4 Å². The highest BCUT2D eigenvalue weighted by molar-refractivity contribution is 5.86. The Labute approximate surface area is 195 Å². The minimum absolute atomic E-state index is 0.404. The number of hydrogen-bond donors (Lipinski definition) is 1. The summed E-state index contributed by atoms with van der Waals surface area (Å²) in [4.78, 5) is 13.9. The van der Waals surface area contributed by atoms with Crippen molar-refractivity contribution in [2.24, 2.45) is 0 Å². The number of rotatable bonds is 6. The third-order valence-corrected chi connectivity index (χ3v) is 6.50. The average molecular weight is 442 g/mol. The number of piperazine rings is 1. The fourth-order valence-corrected chi connectivity index (χ4v) is 4.36. The zero-order valence-electron chi connectivity index (χ0n) is 19.6. The van der Waals surface area contributed by atoms with Crippen LogP contribution in [0.5, 0.6) is 0 Å². The second-order valence-corrected chi connectivity index (χ2v) is 9.04. The zero-order valence-corrected chi connectivity index (χ0v) is 19.6. The Bertz CT molecular complexity index is 1210. The van der Waals surface area contributed by atoms with Gasteiger partial charge in [-0.15, -0.1) is 5.10 Å². The standard InChI is InChI=1S/C26H31N7/c1-19-4-8-21(9-5-19)14-27-15-23-16-32(13-12-31(23)3)26-24-17-33(30-25(24)28-18-29-26)22-10-6-20(2)7-11-22/h4-11,17-18,23,27H,12-16H2,1-3H3. The van der Waals surface area contributed by atoms with Crippen molar-refractivity contribution in [2.75, 3.05) is 38.1 Å². The van der Waals surface area contributed by atoms with Gasteiger partial charge in [-0.05, 0) is 38.6 Å². The molecule has 7 nitrogen and oxygen atoms in total. The number of benzene rings is 2. The molecule has 170 valence electrons. The number of hydrogen-bond acceptors (Lipinski definition) is 6. The van der Waals surface area contributed by atoms with Gasteiger partial charge in [-0.3, -0.25) is 4.90 Å². The van der Waals surface area contributed by atoms with Crippen LogP contribution in [0.15, 0.2) is 61.1 Å². The molecule has 7 heteroatoms. The van der Waals surface area contributed by atoms with Crippen LogP contribution in [0.2, 0.25) is 0 Å². The lowest BCUT2D eigenvalue weighted by Gasteiger charge is -2.40. The van der Waals surface area contributed by atoms with E-state index >= 15 is 0 Å². The van der Waals surface area contributed by atoms with Gasteiger partial charge >= 0.3 is 0 Å². The van der Waals surface area contributed by atoms with Gasteiger partial charge in [0, 0.05) is 45.0 Å². The van der Waals surface area contributed by atoms with Gasteiger partial charge in [-0.1, -0.05) is 47.5 Å². The first-order chi connectivity index (χ1) is 16.1. The summed E-state index contributed by atoms with van der Waals surface area (Å²) in [5.41, 5.74) is 5.60. The number of nitrogens with zero attached hydrogens (tertiary/aromatic N) is 6. The van der Waals surface area contributed by atoms with E-state index in [0.717, 1.165) is 55.3 Å². The molecule has 1 saturated heterocycles. The fourth-order valence-electron chi connectivity index (χ4n) is 4.36. The topological polar surface area (TPSA) is 62.1 Å². The first-order valence-corrected chi connectivity index (χ1v) is 11.6. The Balaban J connectivity index is 1.31. The van der Waals surface area contributed by atoms with Crippen LogP contribution in [0.3, 0.4) is 0 Å². The summed E-state index contributed by atoms with van der Waals surface area (Å²) in [7, 11) is 2.21. The lowest BCUT2D eigenvalue weighted by atomic mass is 10.1. The lowest BCUT2D eigenvalue weighted by Crippen LogP contribution is -2.55. The largest absolute Gasteiger partial charge is 0.353 e. The maximum atomic E-state index is 4.71. The molecule has 33 heavy (non-hydrogen) atoms. The quantitative estimate of drug-likeness (QED) is 0.495. The molecule has 5 rings (SSSR count). The molecular formula is C26H31N7. The Morgan fingerprint density at radius 1 is 0.939 bits per heavy atom. The molecule has 1 aliphatic rings. The highest BCUT2D eigenvalue weighted by Gasteiger charge is 2.26. The molecule has 0 bridgehead atoms. The summed E-state index contributed by atoms with van der Waals surface area (Å²) in [6.07, 6.45) is 3.69. The van der Waals surface area contributed by atoms with Crippen LogP contribution < -0.4 is 10.2 Å². The molecule has 0 aliphatic carbocycles. The van der Waals surface area contributed by atoms with Gasteiger partial charge in [0.05, 0.1) is 11.1 Å². The normalized spacial score (nSPS) is 17.1. The summed E-state index contributed by atoms with van der Waals surface area (Å²) in [6.45, 7) is 8.87. The van der Waals surface area contributed by atoms with Crippen LogP contribution in [0.25, 0.3) is 16.7 Å². The molecule has 2 aromatic carbocycles. The van der Waals surface area contributed by atoms with Crippen molar-refractivity contribution < 1.29 is 0 Å². The Morgan fingerprint density at radius 3 is 2.42 bits per heavy atom. The summed E-state index contributed by atoms with van der Waals surface area (Å²) >= 11 is 0. The smallest absolute Gasteiger partial charge is 0.186 e. The zero-order chi connectivity index (χ0) is 22.8. The Kier molecular flexibility index (Phi) is 6.07. The molecule has 0 radical (unpaired) electrons. The summed E-state index contributed by atoms with van der Waals surface area (Å²) in [5.74, 6) is 0.968. The van der Waals surface area contributed by atoms with Crippen molar-refractivity contribution in [1.29, 1.82) is 0 Å². The van der Waals surface area contributed by atoms with E-state index in [2.05, 4.69) is 101 Å². The maximum absolute atomic E-state index is 4.71. The molecule has 2 aromatic heterocycles. The summed E-state index contributed by atoms with van der Waals surface area (Å²) in [6, 6.07) is 17.5. The minimum Gasteiger partial charge on any atom is -0.353 e. The third-order valence-electron chi connectivity index (χ3n) is 6.50. The van der Waals surface area contributed by atoms with Crippen molar-refractivity contribution in [3.63, 3.8) is 0 Å². The van der Waals surface area contributed by atoms with Crippen molar-refractivity contribution in [3.8, 4) is 5.69 Å². The second kappa shape index (κ2) is 9.29. The maximum Gasteiger partial charge on any atom is 0.186 e. The SMILES string of the molecule is Cc1ccc(CNCC2CN(c3ncnc4nn(-c5ccc(C)cc5)cc34)CCN2C)cc1. The molecule has 0 saturated carbocycles. The van der Waals surface area contributed by atoms with Crippen molar-refractivity contribution in [1.82, 2.24) is 30.0 Å². The number of likely N-dealkylation sites (N-methyl/N-ethyl adjacent to an activating group) is 1. The fraction of sp³-hybridized carbons (Fsp3) is 0.346. The molecule has 4 aromatic rings. The molecule has 1 aliphatic heterocycles. The molecule has 0 amide bonds. The monoisotopic (exact) mass is 441 g/mol. The number of nitrogens with one attached hydrogen (secondary N) is 1. The first-order valence-electron chi connectivity index (χ1n) is 11.6. The molecule has 1 unspecified atom stereocenters. The van der Waals surface area contributed by atoms with Crippen molar-refractivity contribution >= 4 is 16.9 Å². The molecule has 3 heterocycles. The number of fused-ring (bicyclic) bond motifs is 1. The van der Waals surface area contributed by atoms with E-state index in [4.69, 9.17) is 5.10 Å². The number of aromatic nitrogens is 4. The molecule has 1 N–H and O–H groups in total. The predicted octanol–water partition coefficient (Wildman–Crippen LogP) is 3.34. The van der Waals surface area contributed by atoms with Crippen LogP contribution in [0.4, 0.5) is 5.82 Å². The van der Waals surface area contributed by atoms with Crippen LogP contribution in [0.1, 0.15) is 16.7 Å². The Morgan fingerprint density at radius 2 is 1.67 bits per heavy atom. The van der Waals surface area contributed by atoms with E-state index in [0.29, 0.717) is 6.04 Å². The van der Waals surface area contributed by atoms with Gasteiger partial charge in [-0.25, -0.2) is 14.6 Å². The molecular weight excluding hydrogens is 410 g/mol. The van der Waals surface area contributed by atoms with E-state index < -0.39 is 0 Å². The minimum atomic E-state index is 0.404. The van der Waals surface area contributed by atoms with E-state index in [1.807, 2.05) is 4.68 Å². The van der Waals surface area contributed by atoms with Gasteiger partial charge < -0.3 is 10.2 Å². The summed E-state index contributed by atoms with van der Waals surface area (Å²) < 4.78 is 1.90.